The third-order valence-corrected chi connectivity index (χ3v) is 3.65. The van der Waals surface area contributed by atoms with E-state index in [4.69, 9.17) is 5.73 Å². The summed E-state index contributed by atoms with van der Waals surface area (Å²) in [6.45, 7) is 4.08. The number of nitrogens with two attached hydrogens (primary N) is 1. The Bertz CT molecular complexity index is 273. The SMILES string of the molecule is CC(N)CN(C)CCc1ccc(Br)s1. The molecular formula is C10H17BrN2S. The largest absolute Gasteiger partial charge is 0.327 e. The first-order valence-corrected chi connectivity index (χ1v) is 6.37. The Hall–Kier alpha value is 0.1000. The Labute approximate surface area is 98.2 Å². The molecule has 0 radical (unpaired) electrons. The van der Waals surface area contributed by atoms with E-state index in [-0.39, 0.29) is 6.04 Å². The second kappa shape index (κ2) is 5.85. The molecule has 0 aromatic carbocycles. The van der Waals surface area contributed by atoms with Crippen molar-refractivity contribution < 1.29 is 0 Å². The van der Waals surface area contributed by atoms with Crippen LogP contribution >= 0.6 is 27.3 Å². The van der Waals surface area contributed by atoms with Crippen LogP contribution in [0.1, 0.15) is 11.8 Å². The van der Waals surface area contributed by atoms with E-state index in [1.807, 2.05) is 18.3 Å². The molecule has 0 saturated carbocycles. The second-order valence-electron chi connectivity index (χ2n) is 3.70. The van der Waals surface area contributed by atoms with Gasteiger partial charge in [0.25, 0.3) is 0 Å². The van der Waals surface area contributed by atoms with Crippen molar-refractivity contribution in [3.05, 3.63) is 20.8 Å². The predicted molar refractivity (Wildman–Crippen MR) is 66.9 cm³/mol. The van der Waals surface area contributed by atoms with Gasteiger partial charge in [0.15, 0.2) is 0 Å². The van der Waals surface area contributed by atoms with E-state index in [0.29, 0.717) is 0 Å². The molecule has 80 valence electrons. The highest BCUT2D eigenvalue weighted by Gasteiger charge is 2.03. The minimum Gasteiger partial charge on any atom is -0.327 e. The average molecular weight is 277 g/mol. The quantitative estimate of drug-likeness (QED) is 0.895. The van der Waals surface area contributed by atoms with Gasteiger partial charge in [0.05, 0.1) is 3.79 Å². The molecule has 0 bridgehead atoms. The van der Waals surface area contributed by atoms with Crippen LogP contribution in [0.2, 0.25) is 0 Å². The van der Waals surface area contributed by atoms with Gasteiger partial charge in [-0.25, -0.2) is 0 Å². The molecule has 0 aliphatic carbocycles. The summed E-state index contributed by atoms with van der Waals surface area (Å²) in [5.41, 5.74) is 5.72. The predicted octanol–water partition coefficient (Wildman–Crippen LogP) is 2.33. The molecule has 2 nitrogen and oxygen atoms in total. The standard InChI is InChI=1S/C10H17BrN2S/c1-8(12)7-13(2)6-5-9-3-4-10(11)14-9/h3-4,8H,5-7,12H2,1-2H3. The zero-order valence-electron chi connectivity index (χ0n) is 8.66. The lowest BCUT2D eigenvalue weighted by Crippen LogP contribution is -2.33. The van der Waals surface area contributed by atoms with Crippen LogP contribution in [0.25, 0.3) is 0 Å². The van der Waals surface area contributed by atoms with E-state index in [1.54, 1.807) is 0 Å². The molecule has 0 aliphatic rings. The van der Waals surface area contributed by atoms with Gasteiger partial charge in [-0.3, -0.25) is 0 Å². The number of thiophene rings is 1. The fraction of sp³-hybridized carbons (Fsp3) is 0.600. The van der Waals surface area contributed by atoms with Crippen molar-refractivity contribution in [2.45, 2.75) is 19.4 Å². The molecule has 0 spiro atoms. The third-order valence-electron chi connectivity index (χ3n) is 1.97. The minimum atomic E-state index is 0.259. The van der Waals surface area contributed by atoms with Gasteiger partial charge in [-0.2, -0.15) is 0 Å². The normalized spacial score (nSPS) is 13.5. The molecule has 0 amide bonds. The van der Waals surface area contributed by atoms with Crippen LogP contribution in [-0.4, -0.2) is 31.1 Å². The van der Waals surface area contributed by atoms with E-state index in [0.717, 1.165) is 19.5 Å². The van der Waals surface area contributed by atoms with Crippen molar-refractivity contribution >= 4 is 27.3 Å². The zero-order valence-corrected chi connectivity index (χ0v) is 11.1. The zero-order chi connectivity index (χ0) is 10.6. The van der Waals surface area contributed by atoms with Gasteiger partial charge in [-0.1, -0.05) is 0 Å². The number of halogens is 1. The van der Waals surface area contributed by atoms with Crippen molar-refractivity contribution in [2.75, 3.05) is 20.1 Å². The third kappa shape index (κ3) is 4.55. The summed E-state index contributed by atoms with van der Waals surface area (Å²) in [5, 5.41) is 0. The lowest BCUT2D eigenvalue weighted by molar-refractivity contribution is 0.322. The summed E-state index contributed by atoms with van der Waals surface area (Å²) in [5.74, 6) is 0. The highest BCUT2D eigenvalue weighted by molar-refractivity contribution is 9.11. The maximum absolute atomic E-state index is 5.72. The molecule has 2 N–H and O–H groups in total. The summed E-state index contributed by atoms with van der Waals surface area (Å²) in [6.07, 6.45) is 1.11. The van der Waals surface area contributed by atoms with Crippen LogP contribution in [0.3, 0.4) is 0 Å². The molecule has 1 aromatic heterocycles. The molecule has 1 atom stereocenters. The van der Waals surface area contributed by atoms with Crippen LogP contribution in [0.5, 0.6) is 0 Å². The summed E-state index contributed by atoms with van der Waals surface area (Å²) in [6, 6.07) is 4.54. The lowest BCUT2D eigenvalue weighted by Gasteiger charge is -2.18. The Kier molecular flexibility index (Phi) is 5.09. The van der Waals surface area contributed by atoms with Crippen molar-refractivity contribution in [2.24, 2.45) is 5.73 Å². The Balaban J connectivity index is 2.26. The van der Waals surface area contributed by atoms with Crippen LogP contribution in [0.15, 0.2) is 15.9 Å². The van der Waals surface area contributed by atoms with Gasteiger partial charge >= 0.3 is 0 Å². The monoisotopic (exact) mass is 276 g/mol. The van der Waals surface area contributed by atoms with Crippen LogP contribution < -0.4 is 5.73 Å². The number of nitrogens with zero attached hydrogens (tertiary/aromatic N) is 1. The molecule has 0 aliphatic heterocycles. The van der Waals surface area contributed by atoms with Gasteiger partial charge in [0.2, 0.25) is 0 Å². The lowest BCUT2D eigenvalue weighted by atomic mass is 10.3. The molecule has 1 aromatic rings. The molecule has 1 heterocycles. The number of hydrogen-bond acceptors (Lipinski definition) is 3. The van der Waals surface area contributed by atoms with Gasteiger partial charge in [0.1, 0.15) is 0 Å². The molecule has 1 unspecified atom stereocenters. The Morgan fingerprint density at radius 3 is 2.79 bits per heavy atom. The summed E-state index contributed by atoms with van der Waals surface area (Å²) < 4.78 is 1.21. The Morgan fingerprint density at radius 2 is 2.29 bits per heavy atom. The van der Waals surface area contributed by atoms with Crippen LogP contribution in [-0.2, 0) is 6.42 Å². The highest BCUT2D eigenvalue weighted by atomic mass is 79.9. The maximum Gasteiger partial charge on any atom is 0.0701 e. The van der Waals surface area contributed by atoms with Crippen LogP contribution in [0, 0.1) is 0 Å². The maximum atomic E-state index is 5.72. The van der Waals surface area contributed by atoms with E-state index in [9.17, 15) is 0 Å². The summed E-state index contributed by atoms with van der Waals surface area (Å²) in [7, 11) is 2.12. The van der Waals surface area contributed by atoms with Gasteiger partial charge in [0, 0.05) is 24.0 Å². The van der Waals surface area contributed by atoms with Crippen molar-refractivity contribution in [3.63, 3.8) is 0 Å². The van der Waals surface area contributed by atoms with Crippen molar-refractivity contribution in [3.8, 4) is 0 Å². The van der Waals surface area contributed by atoms with E-state index in [1.165, 1.54) is 8.66 Å². The van der Waals surface area contributed by atoms with E-state index < -0.39 is 0 Å². The van der Waals surface area contributed by atoms with E-state index >= 15 is 0 Å². The van der Waals surface area contributed by atoms with Gasteiger partial charge < -0.3 is 10.6 Å². The number of likely N-dealkylation sites (N-methyl/N-ethyl adjacent to an activating group) is 1. The van der Waals surface area contributed by atoms with Crippen molar-refractivity contribution in [1.82, 2.24) is 4.90 Å². The average Bonchev–Trinajstić information content (AvgIpc) is 2.47. The van der Waals surface area contributed by atoms with Crippen LogP contribution in [0.4, 0.5) is 0 Å². The first-order valence-electron chi connectivity index (χ1n) is 4.76. The van der Waals surface area contributed by atoms with Crippen molar-refractivity contribution in [1.29, 1.82) is 0 Å². The highest BCUT2D eigenvalue weighted by Crippen LogP contribution is 2.22. The topological polar surface area (TPSA) is 29.3 Å². The van der Waals surface area contributed by atoms with Gasteiger partial charge in [-0.05, 0) is 48.5 Å². The van der Waals surface area contributed by atoms with Gasteiger partial charge in [-0.15, -0.1) is 11.3 Å². The van der Waals surface area contributed by atoms with E-state index in [2.05, 4.69) is 40.0 Å². The summed E-state index contributed by atoms with van der Waals surface area (Å²) >= 11 is 5.27. The first kappa shape index (κ1) is 12.2. The molecular weight excluding hydrogens is 260 g/mol. The Morgan fingerprint density at radius 1 is 1.57 bits per heavy atom. The number of rotatable bonds is 5. The summed E-state index contributed by atoms with van der Waals surface area (Å²) in [4.78, 5) is 3.70. The molecule has 1 rings (SSSR count). The second-order valence-corrected chi connectivity index (χ2v) is 6.24. The molecule has 0 fully saturated rings. The fourth-order valence-electron chi connectivity index (χ4n) is 1.37. The fourth-order valence-corrected chi connectivity index (χ4v) is 2.84. The first-order chi connectivity index (χ1) is 6.58. The minimum absolute atomic E-state index is 0.259. The smallest absolute Gasteiger partial charge is 0.0701 e. The molecule has 4 heteroatoms. The molecule has 0 saturated heterocycles. The molecule has 14 heavy (non-hydrogen) atoms. The number of hydrogen-bond donors (Lipinski definition) is 1.